The topological polar surface area (TPSA) is 98.5 Å². The summed E-state index contributed by atoms with van der Waals surface area (Å²) in [5, 5.41) is 13.5. The molecule has 0 saturated carbocycles. The van der Waals surface area contributed by atoms with Crippen molar-refractivity contribution in [3.63, 3.8) is 0 Å². The van der Waals surface area contributed by atoms with Crippen LogP contribution < -0.4 is 4.90 Å². The van der Waals surface area contributed by atoms with Gasteiger partial charge < -0.3 is 9.64 Å². The van der Waals surface area contributed by atoms with E-state index in [9.17, 15) is 14.9 Å². The van der Waals surface area contributed by atoms with E-state index < -0.39 is 10.9 Å². The molecule has 8 nitrogen and oxygen atoms in total. The highest BCUT2D eigenvalue weighted by atomic mass is 32.1. The third kappa shape index (κ3) is 3.46. The molecule has 2 aromatic rings. The molecule has 0 amide bonds. The number of anilines is 1. The predicted molar refractivity (Wildman–Crippen MR) is 93.0 cm³/mol. The number of hydrogen-bond donors (Lipinski definition) is 0. The molecule has 1 unspecified atom stereocenters. The van der Waals surface area contributed by atoms with Crippen LogP contribution in [0.25, 0.3) is 0 Å². The van der Waals surface area contributed by atoms with Crippen molar-refractivity contribution in [2.45, 2.75) is 32.7 Å². The lowest BCUT2D eigenvalue weighted by Crippen LogP contribution is -2.23. The van der Waals surface area contributed by atoms with E-state index in [1.807, 2.05) is 0 Å². The van der Waals surface area contributed by atoms with Crippen molar-refractivity contribution in [3.05, 3.63) is 44.0 Å². The summed E-state index contributed by atoms with van der Waals surface area (Å²) in [4.78, 5) is 33.1. The van der Waals surface area contributed by atoms with Gasteiger partial charge in [-0.2, -0.15) is 0 Å². The number of rotatable bonds is 5. The van der Waals surface area contributed by atoms with Gasteiger partial charge in [0.1, 0.15) is 17.0 Å². The molecule has 0 N–H and O–H groups in total. The van der Waals surface area contributed by atoms with Gasteiger partial charge in [-0.25, -0.2) is 14.8 Å². The number of thiazole rings is 1. The molecule has 1 fully saturated rings. The van der Waals surface area contributed by atoms with Gasteiger partial charge >= 0.3 is 5.97 Å². The average molecular weight is 362 g/mol. The summed E-state index contributed by atoms with van der Waals surface area (Å²) in [6, 6.07) is 1.75. The Labute approximate surface area is 148 Å². The van der Waals surface area contributed by atoms with E-state index >= 15 is 0 Å². The van der Waals surface area contributed by atoms with Crippen LogP contribution in [0, 0.1) is 17.0 Å². The van der Waals surface area contributed by atoms with Crippen molar-refractivity contribution in [1.29, 1.82) is 0 Å². The molecular formula is C16H18N4O4S. The lowest BCUT2D eigenvalue weighted by Gasteiger charge is -2.24. The maximum Gasteiger partial charge on any atom is 0.357 e. The molecule has 0 aromatic carbocycles. The third-order valence-corrected chi connectivity index (χ3v) is 5.05. The van der Waals surface area contributed by atoms with Gasteiger partial charge in [-0.05, 0) is 32.8 Å². The third-order valence-electron chi connectivity index (χ3n) is 4.10. The van der Waals surface area contributed by atoms with Crippen LogP contribution in [0.1, 0.15) is 46.9 Å². The Balaban J connectivity index is 1.85. The summed E-state index contributed by atoms with van der Waals surface area (Å²) in [5.41, 5.74) is 0.909. The van der Waals surface area contributed by atoms with Gasteiger partial charge in [-0.15, -0.1) is 11.3 Å². The number of aromatic nitrogens is 2. The number of nitro groups is 1. The van der Waals surface area contributed by atoms with Crippen molar-refractivity contribution in [2.75, 3.05) is 18.1 Å². The number of carbonyl (C=O) groups is 1. The SMILES string of the molecule is CCOC(=O)c1csc(C2CCCN2c2cc(C)c([N+](=O)[O-])cn2)n1. The van der Waals surface area contributed by atoms with Crippen molar-refractivity contribution < 1.29 is 14.5 Å². The van der Waals surface area contributed by atoms with Gasteiger partial charge in [-0.3, -0.25) is 10.1 Å². The smallest absolute Gasteiger partial charge is 0.357 e. The van der Waals surface area contributed by atoms with Crippen LogP contribution in [0.5, 0.6) is 0 Å². The highest BCUT2D eigenvalue weighted by molar-refractivity contribution is 7.10. The number of aryl methyl sites for hydroxylation is 1. The molecule has 1 aliphatic rings. The van der Waals surface area contributed by atoms with Crippen molar-refractivity contribution in [2.24, 2.45) is 0 Å². The molecule has 0 aliphatic carbocycles. The zero-order chi connectivity index (χ0) is 18.0. The minimum atomic E-state index is -0.431. The van der Waals surface area contributed by atoms with Gasteiger partial charge in [0.15, 0.2) is 5.69 Å². The Bertz CT molecular complexity index is 807. The first kappa shape index (κ1) is 17.3. The standard InChI is InChI=1S/C16H18N4O4S/c1-3-24-16(21)11-9-25-15(18-11)12-5-4-6-19(12)14-7-10(2)13(8-17-14)20(22)23/h7-9,12H,3-6H2,1-2H3. The Morgan fingerprint density at radius 1 is 1.56 bits per heavy atom. The molecule has 1 atom stereocenters. The zero-order valence-corrected chi connectivity index (χ0v) is 14.8. The van der Waals surface area contributed by atoms with Gasteiger partial charge in [0.2, 0.25) is 0 Å². The van der Waals surface area contributed by atoms with E-state index in [0.717, 1.165) is 24.4 Å². The number of ether oxygens (including phenoxy) is 1. The summed E-state index contributed by atoms with van der Waals surface area (Å²) in [6.45, 7) is 4.57. The first-order chi connectivity index (χ1) is 12.0. The van der Waals surface area contributed by atoms with E-state index in [0.29, 0.717) is 23.7 Å². The van der Waals surface area contributed by atoms with E-state index in [2.05, 4.69) is 14.9 Å². The lowest BCUT2D eigenvalue weighted by molar-refractivity contribution is -0.385. The molecule has 9 heteroatoms. The van der Waals surface area contributed by atoms with E-state index in [1.54, 1.807) is 25.3 Å². The highest BCUT2D eigenvalue weighted by Gasteiger charge is 2.31. The van der Waals surface area contributed by atoms with Gasteiger partial charge in [0.25, 0.3) is 5.69 Å². The Morgan fingerprint density at radius 3 is 3.04 bits per heavy atom. The minimum Gasteiger partial charge on any atom is -0.461 e. The van der Waals surface area contributed by atoms with Gasteiger partial charge in [0.05, 0.1) is 17.6 Å². The summed E-state index contributed by atoms with van der Waals surface area (Å²) < 4.78 is 4.98. The normalized spacial score (nSPS) is 16.9. The second kappa shape index (κ2) is 7.14. The molecule has 3 rings (SSSR count). The van der Waals surface area contributed by atoms with Crippen molar-refractivity contribution in [1.82, 2.24) is 9.97 Å². The monoisotopic (exact) mass is 362 g/mol. The summed E-state index contributed by atoms with van der Waals surface area (Å²) in [7, 11) is 0. The highest BCUT2D eigenvalue weighted by Crippen LogP contribution is 2.37. The number of hydrogen-bond acceptors (Lipinski definition) is 8. The Kier molecular flexibility index (Phi) is 4.93. The first-order valence-electron chi connectivity index (χ1n) is 8.01. The van der Waals surface area contributed by atoms with Gasteiger partial charge in [0, 0.05) is 17.5 Å². The molecule has 1 saturated heterocycles. The number of carbonyl (C=O) groups excluding carboxylic acids is 1. The molecule has 0 radical (unpaired) electrons. The van der Waals surface area contributed by atoms with Gasteiger partial charge in [-0.1, -0.05) is 0 Å². The maximum absolute atomic E-state index is 11.8. The summed E-state index contributed by atoms with van der Waals surface area (Å²) >= 11 is 1.42. The van der Waals surface area contributed by atoms with Crippen molar-refractivity contribution >= 4 is 28.8 Å². The summed E-state index contributed by atoms with van der Waals surface area (Å²) in [6.07, 6.45) is 3.16. The Morgan fingerprint density at radius 2 is 2.36 bits per heavy atom. The van der Waals surface area contributed by atoms with Crippen LogP contribution in [0.3, 0.4) is 0 Å². The van der Waals surface area contributed by atoms with Crippen LogP contribution in [-0.4, -0.2) is 34.0 Å². The Hall–Kier alpha value is -2.55. The fourth-order valence-corrected chi connectivity index (χ4v) is 3.85. The van der Waals surface area contributed by atoms with Crippen molar-refractivity contribution in [3.8, 4) is 0 Å². The van der Waals surface area contributed by atoms with Crippen LogP contribution in [-0.2, 0) is 4.74 Å². The van der Waals surface area contributed by atoms with Crippen LogP contribution in [0.2, 0.25) is 0 Å². The number of nitrogens with zero attached hydrogens (tertiary/aromatic N) is 4. The molecule has 25 heavy (non-hydrogen) atoms. The largest absolute Gasteiger partial charge is 0.461 e. The molecule has 132 valence electrons. The second-order valence-corrected chi connectivity index (χ2v) is 6.62. The second-order valence-electron chi connectivity index (χ2n) is 5.73. The number of esters is 1. The lowest BCUT2D eigenvalue weighted by atomic mass is 10.2. The van der Waals surface area contributed by atoms with E-state index in [1.165, 1.54) is 17.5 Å². The molecule has 3 heterocycles. The van der Waals surface area contributed by atoms with E-state index in [-0.39, 0.29) is 11.7 Å². The molecule has 1 aliphatic heterocycles. The molecule has 2 aromatic heterocycles. The maximum atomic E-state index is 11.8. The molecule has 0 spiro atoms. The van der Waals surface area contributed by atoms with Crippen LogP contribution in [0.4, 0.5) is 11.5 Å². The molecular weight excluding hydrogens is 344 g/mol. The van der Waals surface area contributed by atoms with E-state index in [4.69, 9.17) is 4.74 Å². The average Bonchev–Trinajstić information content (AvgIpc) is 3.23. The van der Waals surface area contributed by atoms with Crippen LogP contribution in [0.15, 0.2) is 17.6 Å². The molecule has 0 bridgehead atoms. The minimum absolute atomic E-state index is 0.0124. The first-order valence-corrected chi connectivity index (χ1v) is 8.89. The van der Waals surface area contributed by atoms with Crippen LogP contribution >= 0.6 is 11.3 Å². The fraction of sp³-hybridized carbons (Fsp3) is 0.438. The summed E-state index contributed by atoms with van der Waals surface area (Å²) in [5.74, 6) is 0.275. The zero-order valence-electron chi connectivity index (χ0n) is 14.0. The fourth-order valence-electron chi connectivity index (χ4n) is 2.92. The number of pyridine rings is 1. The predicted octanol–water partition coefficient (Wildman–Crippen LogP) is 3.27. The quantitative estimate of drug-likeness (QED) is 0.457.